The Morgan fingerprint density at radius 2 is 1.95 bits per heavy atom. The van der Waals surface area contributed by atoms with Crippen molar-refractivity contribution in [2.75, 3.05) is 26.6 Å². The summed E-state index contributed by atoms with van der Waals surface area (Å²) in [5.41, 5.74) is 1.88. The highest BCUT2D eigenvalue weighted by molar-refractivity contribution is 7.15. The van der Waals surface area contributed by atoms with E-state index in [2.05, 4.69) is 16.1 Å². The molecule has 114 valence electrons. The van der Waals surface area contributed by atoms with Crippen LogP contribution in [0.5, 0.6) is 11.5 Å². The minimum atomic E-state index is -0.614. The van der Waals surface area contributed by atoms with Crippen LogP contribution < -0.4 is 14.8 Å². The van der Waals surface area contributed by atoms with Gasteiger partial charge in [0.2, 0.25) is 0 Å². The molecule has 1 aromatic heterocycles. The lowest BCUT2D eigenvalue weighted by Gasteiger charge is -2.09. The van der Waals surface area contributed by atoms with Gasteiger partial charge in [-0.25, -0.2) is 4.79 Å². The molecule has 0 aliphatic rings. The first-order valence-corrected chi connectivity index (χ1v) is 7.11. The second kappa shape index (κ2) is 6.83. The average molecular weight is 318 g/mol. The number of thiophene rings is 1. The number of nitrogens with zero attached hydrogens (tertiary/aromatic N) is 1. The van der Waals surface area contributed by atoms with Gasteiger partial charge in [0.1, 0.15) is 11.1 Å². The number of rotatable bonds is 4. The number of anilines is 1. The number of hydrogen-bond donors (Lipinski definition) is 1. The fourth-order valence-corrected chi connectivity index (χ4v) is 2.83. The topological polar surface area (TPSA) is 80.6 Å². The SMILES string of the molecule is COC(=O)Nc1scc(-c2ccc(OC)c(OC)c2)c1C#N. The summed E-state index contributed by atoms with van der Waals surface area (Å²) >= 11 is 1.26. The molecular weight excluding hydrogens is 304 g/mol. The first kappa shape index (κ1) is 15.7. The highest BCUT2D eigenvalue weighted by atomic mass is 32.1. The van der Waals surface area contributed by atoms with Crippen LogP contribution in [0.4, 0.5) is 9.80 Å². The standard InChI is InChI=1S/C15H14N2O4S/c1-19-12-5-4-9(6-13(12)20-2)11-8-22-14(10(11)7-16)17-15(18)21-3/h4-6,8H,1-3H3,(H,17,18). The number of methoxy groups -OCH3 is 3. The summed E-state index contributed by atoms with van der Waals surface area (Å²) in [6.07, 6.45) is -0.614. The molecule has 0 spiro atoms. The number of nitrogens with one attached hydrogen (secondary N) is 1. The van der Waals surface area contributed by atoms with Crippen LogP contribution in [-0.2, 0) is 4.74 Å². The van der Waals surface area contributed by atoms with Gasteiger partial charge in [-0.3, -0.25) is 5.32 Å². The number of amides is 1. The van der Waals surface area contributed by atoms with Crippen LogP contribution in [0.25, 0.3) is 11.1 Å². The number of carbonyl (C=O) groups excluding carboxylic acids is 1. The lowest BCUT2D eigenvalue weighted by atomic mass is 10.0. The van der Waals surface area contributed by atoms with Gasteiger partial charge in [-0.2, -0.15) is 5.26 Å². The van der Waals surface area contributed by atoms with E-state index in [1.54, 1.807) is 31.7 Å². The maximum Gasteiger partial charge on any atom is 0.411 e. The van der Waals surface area contributed by atoms with E-state index in [1.807, 2.05) is 6.07 Å². The van der Waals surface area contributed by atoms with Crippen molar-refractivity contribution in [1.29, 1.82) is 5.26 Å². The number of carbonyl (C=O) groups is 1. The lowest BCUT2D eigenvalue weighted by Crippen LogP contribution is -2.10. The minimum absolute atomic E-state index is 0.377. The van der Waals surface area contributed by atoms with Gasteiger partial charge in [0, 0.05) is 10.9 Å². The second-order valence-corrected chi connectivity index (χ2v) is 5.03. The molecule has 1 heterocycles. The molecule has 1 amide bonds. The van der Waals surface area contributed by atoms with Crippen molar-refractivity contribution in [3.63, 3.8) is 0 Å². The zero-order valence-electron chi connectivity index (χ0n) is 12.3. The molecule has 0 fully saturated rings. The Hall–Kier alpha value is -2.72. The molecule has 1 N–H and O–H groups in total. The van der Waals surface area contributed by atoms with Crippen LogP contribution in [0.3, 0.4) is 0 Å². The summed E-state index contributed by atoms with van der Waals surface area (Å²) in [5, 5.41) is 14.1. The third kappa shape index (κ3) is 2.97. The Bertz CT molecular complexity index is 734. The van der Waals surface area contributed by atoms with Crippen LogP contribution in [0.1, 0.15) is 5.56 Å². The van der Waals surface area contributed by atoms with Gasteiger partial charge in [0.15, 0.2) is 11.5 Å². The van der Waals surface area contributed by atoms with Gasteiger partial charge in [0.25, 0.3) is 0 Å². The number of benzene rings is 1. The second-order valence-electron chi connectivity index (χ2n) is 4.15. The predicted octanol–water partition coefficient (Wildman–Crippen LogP) is 3.48. The largest absolute Gasteiger partial charge is 0.493 e. The van der Waals surface area contributed by atoms with Crippen molar-refractivity contribution in [2.24, 2.45) is 0 Å². The van der Waals surface area contributed by atoms with Crippen LogP contribution in [0.2, 0.25) is 0 Å². The molecule has 1 aromatic carbocycles. The Morgan fingerprint density at radius 3 is 2.55 bits per heavy atom. The third-order valence-electron chi connectivity index (χ3n) is 3.00. The van der Waals surface area contributed by atoms with Crippen LogP contribution >= 0.6 is 11.3 Å². The van der Waals surface area contributed by atoms with Crippen molar-refractivity contribution in [3.8, 4) is 28.7 Å². The van der Waals surface area contributed by atoms with Crippen molar-refractivity contribution in [3.05, 3.63) is 29.1 Å². The van der Waals surface area contributed by atoms with E-state index in [0.717, 1.165) is 5.56 Å². The quantitative estimate of drug-likeness (QED) is 0.933. The zero-order valence-corrected chi connectivity index (χ0v) is 13.1. The molecule has 2 aromatic rings. The molecule has 6 nitrogen and oxygen atoms in total. The smallest absolute Gasteiger partial charge is 0.411 e. The Kier molecular flexibility index (Phi) is 4.86. The van der Waals surface area contributed by atoms with E-state index in [0.29, 0.717) is 27.6 Å². The highest BCUT2D eigenvalue weighted by Gasteiger charge is 2.16. The third-order valence-corrected chi connectivity index (χ3v) is 3.89. The van der Waals surface area contributed by atoms with Gasteiger partial charge < -0.3 is 14.2 Å². The van der Waals surface area contributed by atoms with E-state index < -0.39 is 6.09 Å². The lowest BCUT2D eigenvalue weighted by molar-refractivity contribution is 0.187. The van der Waals surface area contributed by atoms with Crippen LogP contribution in [0, 0.1) is 11.3 Å². The first-order valence-electron chi connectivity index (χ1n) is 6.23. The molecule has 0 bridgehead atoms. The summed E-state index contributed by atoms with van der Waals surface area (Å²) < 4.78 is 15.0. The van der Waals surface area contributed by atoms with Gasteiger partial charge in [-0.05, 0) is 17.7 Å². The number of hydrogen-bond acceptors (Lipinski definition) is 6. The Balaban J connectivity index is 2.45. The van der Waals surface area contributed by atoms with Crippen LogP contribution in [0.15, 0.2) is 23.6 Å². The molecule has 0 saturated carbocycles. The molecule has 0 aliphatic carbocycles. The van der Waals surface area contributed by atoms with E-state index in [1.165, 1.54) is 18.4 Å². The molecule has 0 saturated heterocycles. The number of ether oxygens (including phenoxy) is 3. The van der Waals surface area contributed by atoms with Crippen molar-refractivity contribution in [1.82, 2.24) is 0 Å². The Morgan fingerprint density at radius 1 is 1.23 bits per heavy atom. The summed E-state index contributed by atoms with van der Waals surface area (Å²) in [5.74, 6) is 1.17. The van der Waals surface area contributed by atoms with Gasteiger partial charge in [-0.1, -0.05) is 6.07 Å². The van der Waals surface area contributed by atoms with Crippen molar-refractivity contribution in [2.45, 2.75) is 0 Å². The first-order chi connectivity index (χ1) is 10.6. The Labute approximate surface area is 131 Å². The summed E-state index contributed by atoms with van der Waals surface area (Å²) in [4.78, 5) is 11.3. The molecular formula is C15H14N2O4S. The molecule has 2 rings (SSSR count). The maximum atomic E-state index is 11.3. The van der Waals surface area contributed by atoms with Crippen molar-refractivity contribution >= 4 is 22.4 Å². The molecule has 7 heteroatoms. The molecule has 22 heavy (non-hydrogen) atoms. The highest BCUT2D eigenvalue weighted by Crippen LogP contribution is 2.38. The summed E-state index contributed by atoms with van der Waals surface area (Å²) in [7, 11) is 4.37. The molecule has 0 atom stereocenters. The van der Waals surface area contributed by atoms with E-state index >= 15 is 0 Å². The zero-order chi connectivity index (χ0) is 16.1. The van der Waals surface area contributed by atoms with E-state index in [9.17, 15) is 10.1 Å². The fourth-order valence-electron chi connectivity index (χ4n) is 1.92. The monoisotopic (exact) mass is 318 g/mol. The normalized spacial score (nSPS) is 9.73. The summed E-state index contributed by atoms with van der Waals surface area (Å²) in [6, 6.07) is 7.48. The van der Waals surface area contributed by atoms with E-state index in [4.69, 9.17) is 9.47 Å². The average Bonchev–Trinajstić information content (AvgIpc) is 2.96. The molecule has 0 unspecified atom stereocenters. The van der Waals surface area contributed by atoms with Gasteiger partial charge in [-0.15, -0.1) is 11.3 Å². The summed E-state index contributed by atoms with van der Waals surface area (Å²) in [6.45, 7) is 0. The van der Waals surface area contributed by atoms with Gasteiger partial charge in [0.05, 0.1) is 26.9 Å². The van der Waals surface area contributed by atoms with Crippen molar-refractivity contribution < 1.29 is 19.0 Å². The number of nitriles is 1. The fraction of sp³-hybridized carbons (Fsp3) is 0.200. The predicted molar refractivity (Wildman–Crippen MR) is 83.6 cm³/mol. The molecule has 0 aliphatic heterocycles. The van der Waals surface area contributed by atoms with E-state index in [-0.39, 0.29) is 0 Å². The molecule has 0 radical (unpaired) electrons. The minimum Gasteiger partial charge on any atom is -0.493 e. The maximum absolute atomic E-state index is 11.3. The van der Waals surface area contributed by atoms with Crippen LogP contribution in [-0.4, -0.2) is 27.4 Å². The van der Waals surface area contributed by atoms with Gasteiger partial charge >= 0.3 is 6.09 Å².